The third kappa shape index (κ3) is 1.72. The minimum Gasteiger partial charge on any atom is -0.299 e. The molecule has 0 aromatic carbocycles. The molecule has 0 rings (SSSR count). The van der Waals surface area contributed by atoms with Crippen LogP contribution in [0, 0.1) is 5.41 Å². The van der Waals surface area contributed by atoms with Gasteiger partial charge in [-0.05, 0) is 20.8 Å². The summed E-state index contributed by atoms with van der Waals surface area (Å²) >= 11 is 6.00. The second-order valence-electron chi connectivity index (χ2n) is 3.65. The lowest BCUT2D eigenvalue weighted by Crippen LogP contribution is -2.39. The Hall–Kier alpha value is -0.0400. The van der Waals surface area contributed by atoms with E-state index in [1.807, 2.05) is 27.7 Å². The molecule has 0 amide bonds. The van der Waals surface area contributed by atoms with Crippen molar-refractivity contribution in [3.63, 3.8) is 0 Å². The third-order valence-corrected chi connectivity index (χ3v) is 2.84. The molecule has 0 aliphatic heterocycles. The average molecular weight is 163 g/mol. The molecule has 0 atom stereocenters. The first-order chi connectivity index (χ1) is 4.19. The van der Waals surface area contributed by atoms with E-state index >= 15 is 0 Å². The predicted octanol–water partition coefficient (Wildman–Crippen LogP) is 2.62. The molecule has 0 saturated carbocycles. The zero-order chi connectivity index (χ0) is 8.58. The Morgan fingerprint density at radius 2 is 1.50 bits per heavy atom. The van der Waals surface area contributed by atoms with E-state index in [9.17, 15) is 4.79 Å². The number of hydrogen-bond donors (Lipinski definition) is 0. The molecule has 0 aromatic rings. The summed E-state index contributed by atoms with van der Waals surface area (Å²) < 4.78 is 0. The highest BCUT2D eigenvalue weighted by atomic mass is 35.5. The highest BCUT2D eigenvalue weighted by Crippen LogP contribution is 2.36. The van der Waals surface area contributed by atoms with E-state index in [2.05, 4.69) is 0 Å². The van der Waals surface area contributed by atoms with E-state index in [-0.39, 0.29) is 5.78 Å². The van der Waals surface area contributed by atoms with Crippen molar-refractivity contribution in [2.45, 2.75) is 39.5 Å². The Morgan fingerprint density at radius 1 is 1.20 bits per heavy atom. The summed E-state index contributed by atoms with van der Waals surface area (Å²) in [4.78, 5) is 10.6. The van der Waals surface area contributed by atoms with E-state index in [1.54, 1.807) is 6.92 Å². The van der Waals surface area contributed by atoms with Gasteiger partial charge in [0.15, 0.2) is 0 Å². The fraction of sp³-hybridized carbons (Fsp3) is 0.875. The second kappa shape index (κ2) is 2.54. The molecular formula is C8H15ClO. The van der Waals surface area contributed by atoms with Gasteiger partial charge < -0.3 is 0 Å². The standard InChI is InChI=1S/C8H15ClO/c1-6(10)7(2,3)8(4,5)9/h1-5H3. The van der Waals surface area contributed by atoms with Crippen LogP contribution in [-0.4, -0.2) is 10.7 Å². The summed E-state index contributed by atoms with van der Waals surface area (Å²) in [7, 11) is 0. The van der Waals surface area contributed by atoms with Crippen molar-refractivity contribution >= 4 is 17.4 Å². The molecule has 0 aliphatic carbocycles. The highest BCUT2D eigenvalue weighted by Gasteiger charge is 2.38. The first-order valence-corrected chi connectivity index (χ1v) is 3.77. The molecule has 0 aliphatic rings. The van der Waals surface area contributed by atoms with Crippen molar-refractivity contribution in [1.29, 1.82) is 0 Å². The van der Waals surface area contributed by atoms with Crippen LogP contribution in [0.1, 0.15) is 34.6 Å². The lowest BCUT2D eigenvalue weighted by atomic mass is 9.77. The Labute approximate surface area is 67.8 Å². The summed E-state index contributed by atoms with van der Waals surface area (Å²) in [6.07, 6.45) is 0. The van der Waals surface area contributed by atoms with Gasteiger partial charge in [-0.1, -0.05) is 13.8 Å². The van der Waals surface area contributed by atoms with Gasteiger partial charge in [0, 0.05) is 5.41 Å². The van der Waals surface area contributed by atoms with Crippen LogP contribution in [0.15, 0.2) is 0 Å². The topological polar surface area (TPSA) is 17.1 Å². The van der Waals surface area contributed by atoms with E-state index in [0.29, 0.717) is 0 Å². The van der Waals surface area contributed by atoms with Gasteiger partial charge in [0.25, 0.3) is 0 Å². The van der Waals surface area contributed by atoms with Crippen LogP contribution in [0.25, 0.3) is 0 Å². The molecule has 0 aromatic heterocycles. The van der Waals surface area contributed by atoms with Crippen molar-refractivity contribution in [1.82, 2.24) is 0 Å². The zero-order valence-electron chi connectivity index (χ0n) is 7.29. The molecule has 10 heavy (non-hydrogen) atoms. The van der Waals surface area contributed by atoms with Crippen molar-refractivity contribution < 1.29 is 4.79 Å². The minimum absolute atomic E-state index is 0.132. The first kappa shape index (κ1) is 9.96. The van der Waals surface area contributed by atoms with E-state index < -0.39 is 10.3 Å². The molecule has 0 saturated heterocycles. The summed E-state index contributed by atoms with van der Waals surface area (Å²) in [6, 6.07) is 0. The number of carbonyl (C=O) groups excluding carboxylic acids is 1. The number of halogens is 1. The maximum absolute atomic E-state index is 11.0. The number of alkyl halides is 1. The zero-order valence-corrected chi connectivity index (χ0v) is 8.04. The summed E-state index contributed by atoms with van der Waals surface area (Å²) in [5, 5.41) is 0. The van der Waals surface area contributed by atoms with Crippen LogP contribution in [0.2, 0.25) is 0 Å². The van der Waals surface area contributed by atoms with Crippen LogP contribution in [0.3, 0.4) is 0 Å². The smallest absolute Gasteiger partial charge is 0.137 e. The number of hydrogen-bond acceptors (Lipinski definition) is 1. The molecule has 0 fully saturated rings. The molecule has 2 heteroatoms. The van der Waals surface area contributed by atoms with E-state index in [0.717, 1.165) is 0 Å². The van der Waals surface area contributed by atoms with E-state index in [4.69, 9.17) is 11.6 Å². The Balaban J connectivity index is 4.57. The van der Waals surface area contributed by atoms with Crippen LogP contribution in [0.4, 0.5) is 0 Å². The lowest BCUT2D eigenvalue weighted by molar-refractivity contribution is -0.126. The molecular weight excluding hydrogens is 148 g/mol. The van der Waals surface area contributed by atoms with Gasteiger partial charge in [0.1, 0.15) is 5.78 Å². The number of rotatable bonds is 2. The molecule has 1 nitrogen and oxygen atoms in total. The molecule has 0 heterocycles. The maximum Gasteiger partial charge on any atom is 0.137 e. The van der Waals surface area contributed by atoms with E-state index in [1.165, 1.54) is 0 Å². The van der Waals surface area contributed by atoms with Crippen LogP contribution in [0.5, 0.6) is 0 Å². The highest BCUT2D eigenvalue weighted by molar-refractivity contribution is 6.25. The summed E-state index contributed by atoms with van der Waals surface area (Å²) in [6.45, 7) is 9.01. The molecule has 0 unspecified atom stereocenters. The fourth-order valence-electron chi connectivity index (χ4n) is 0.419. The lowest BCUT2D eigenvalue weighted by Gasteiger charge is -2.33. The van der Waals surface area contributed by atoms with Gasteiger partial charge in [-0.2, -0.15) is 0 Å². The predicted molar refractivity (Wildman–Crippen MR) is 44.4 cm³/mol. The Bertz CT molecular complexity index is 142. The quantitative estimate of drug-likeness (QED) is 0.571. The normalized spacial score (nSPS) is 13.4. The van der Waals surface area contributed by atoms with Crippen LogP contribution in [-0.2, 0) is 4.79 Å². The SMILES string of the molecule is CC(=O)C(C)(C)C(C)(C)Cl. The first-order valence-electron chi connectivity index (χ1n) is 3.39. The van der Waals surface area contributed by atoms with Gasteiger partial charge in [0.2, 0.25) is 0 Å². The monoisotopic (exact) mass is 162 g/mol. The largest absolute Gasteiger partial charge is 0.299 e. The molecule has 0 N–H and O–H groups in total. The minimum atomic E-state index is -0.459. The third-order valence-electron chi connectivity index (χ3n) is 2.37. The van der Waals surface area contributed by atoms with Gasteiger partial charge in [-0.3, -0.25) is 4.79 Å². The van der Waals surface area contributed by atoms with Crippen molar-refractivity contribution in [3.8, 4) is 0 Å². The van der Waals surface area contributed by atoms with Crippen LogP contribution >= 0.6 is 11.6 Å². The molecule has 0 bridgehead atoms. The molecule has 0 radical (unpaired) electrons. The number of carbonyl (C=O) groups is 1. The van der Waals surface area contributed by atoms with Crippen molar-refractivity contribution in [3.05, 3.63) is 0 Å². The Kier molecular flexibility index (Phi) is 2.53. The van der Waals surface area contributed by atoms with Gasteiger partial charge >= 0.3 is 0 Å². The summed E-state index contributed by atoms with van der Waals surface area (Å²) in [5.74, 6) is 0.132. The van der Waals surface area contributed by atoms with Gasteiger partial charge in [-0.15, -0.1) is 11.6 Å². The molecule has 0 spiro atoms. The number of ketones is 1. The van der Waals surface area contributed by atoms with Crippen LogP contribution < -0.4 is 0 Å². The van der Waals surface area contributed by atoms with Crippen molar-refractivity contribution in [2.24, 2.45) is 5.41 Å². The van der Waals surface area contributed by atoms with Gasteiger partial charge in [-0.25, -0.2) is 0 Å². The average Bonchev–Trinajstić information content (AvgIpc) is 1.62. The second-order valence-corrected chi connectivity index (χ2v) is 4.60. The Morgan fingerprint density at radius 3 is 1.50 bits per heavy atom. The molecule has 60 valence electrons. The number of Topliss-reactive ketones (excluding diaryl/α,β-unsaturated/α-hetero) is 1. The maximum atomic E-state index is 11.0. The van der Waals surface area contributed by atoms with Gasteiger partial charge in [0.05, 0.1) is 4.87 Å². The van der Waals surface area contributed by atoms with Crippen molar-refractivity contribution in [2.75, 3.05) is 0 Å². The fourth-order valence-corrected chi connectivity index (χ4v) is 0.552. The summed E-state index contributed by atoms with van der Waals surface area (Å²) in [5.41, 5.74) is -0.436.